The molecule has 1 aromatic heterocycles. The number of hydrogen-bond acceptors (Lipinski definition) is 5. The molecule has 22 heavy (non-hydrogen) atoms. The van der Waals surface area contributed by atoms with Crippen molar-refractivity contribution < 1.29 is 9.32 Å². The first-order valence-electron chi connectivity index (χ1n) is 7.39. The molecule has 1 atom stereocenters. The van der Waals surface area contributed by atoms with Gasteiger partial charge in [0.05, 0.1) is 11.0 Å². The minimum Gasteiger partial charge on any atom is -0.355 e. The van der Waals surface area contributed by atoms with Gasteiger partial charge in [0.2, 0.25) is 17.6 Å². The molecule has 1 N–H and O–H groups in total. The number of aryl methyl sites for hydroxylation is 1. The summed E-state index contributed by atoms with van der Waals surface area (Å²) in [5.74, 6) is 1.71. The molecule has 0 aliphatic rings. The van der Waals surface area contributed by atoms with Gasteiger partial charge in [0.15, 0.2) is 0 Å². The van der Waals surface area contributed by atoms with Crippen molar-refractivity contribution in [3.05, 3.63) is 35.7 Å². The highest BCUT2D eigenvalue weighted by Gasteiger charge is 2.16. The summed E-state index contributed by atoms with van der Waals surface area (Å²) in [7, 11) is 0. The summed E-state index contributed by atoms with van der Waals surface area (Å²) in [5, 5.41) is 6.76. The van der Waals surface area contributed by atoms with E-state index in [4.69, 9.17) is 4.52 Å². The largest absolute Gasteiger partial charge is 0.355 e. The number of rotatable bonds is 7. The second-order valence-electron chi connectivity index (χ2n) is 5.07. The predicted octanol–water partition coefficient (Wildman–Crippen LogP) is 3.19. The minimum atomic E-state index is -0.139. The number of aromatic nitrogens is 2. The van der Waals surface area contributed by atoms with Crippen molar-refractivity contribution in [2.45, 2.75) is 38.2 Å². The standard InChI is InChI=1S/C16H21N3O2S/c1-4-9-17-16(20)12(3)22-10-14-18-15(19-21-14)13-8-6-5-7-11(13)2/h5-8,12H,4,9-10H2,1-3H3,(H,17,20)/t12-/m1/s1. The molecule has 0 radical (unpaired) electrons. The van der Waals surface area contributed by atoms with Gasteiger partial charge < -0.3 is 9.84 Å². The van der Waals surface area contributed by atoms with E-state index in [1.807, 2.05) is 45.0 Å². The zero-order valence-corrected chi connectivity index (χ0v) is 13.9. The molecule has 5 nitrogen and oxygen atoms in total. The summed E-state index contributed by atoms with van der Waals surface area (Å²) in [6.45, 7) is 6.64. The second kappa shape index (κ2) is 7.98. The van der Waals surface area contributed by atoms with Crippen molar-refractivity contribution in [1.82, 2.24) is 15.5 Å². The van der Waals surface area contributed by atoms with Gasteiger partial charge in [-0.05, 0) is 25.8 Å². The van der Waals surface area contributed by atoms with Crippen molar-refractivity contribution in [1.29, 1.82) is 0 Å². The van der Waals surface area contributed by atoms with Crippen LogP contribution in [0.5, 0.6) is 0 Å². The average Bonchev–Trinajstić information content (AvgIpc) is 2.99. The Hall–Kier alpha value is -1.82. The Bertz CT molecular complexity index is 627. The van der Waals surface area contributed by atoms with Gasteiger partial charge in [-0.15, -0.1) is 11.8 Å². The van der Waals surface area contributed by atoms with Gasteiger partial charge in [0.25, 0.3) is 0 Å². The first kappa shape index (κ1) is 16.5. The molecule has 118 valence electrons. The summed E-state index contributed by atoms with van der Waals surface area (Å²) < 4.78 is 5.27. The summed E-state index contributed by atoms with van der Waals surface area (Å²) >= 11 is 1.49. The van der Waals surface area contributed by atoms with Crippen LogP contribution < -0.4 is 5.32 Å². The molecule has 0 unspecified atom stereocenters. The van der Waals surface area contributed by atoms with E-state index in [9.17, 15) is 4.79 Å². The van der Waals surface area contributed by atoms with Gasteiger partial charge in [-0.2, -0.15) is 4.98 Å². The topological polar surface area (TPSA) is 68.0 Å². The van der Waals surface area contributed by atoms with Crippen molar-refractivity contribution in [3.63, 3.8) is 0 Å². The Morgan fingerprint density at radius 3 is 2.91 bits per heavy atom. The molecule has 1 aromatic carbocycles. The number of carbonyl (C=O) groups excluding carboxylic acids is 1. The lowest BCUT2D eigenvalue weighted by Crippen LogP contribution is -2.31. The quantitative estimate of drug-likeness (QED) is 0.849. The molecular weight excluding hydrogens is 298 g/mol. The maximum absolute atomic E-state index is 11.8. The molecule has 6 heteroatoms. The molecule has 0 fully saturated rings. The fraction of sp³-hybridized carbons (Fsp3) is 0.438. The van der Waals surface area contributed by atoms with E-state index < -0.39 is 0 Å². The van der Waals surface area contributed by atoms with E-state index in [0.717, 1.165) is 17.5 Å². The lowest BCUT2D eigenvalue weighted by Gasteiger charge is -2.09. The highest BCUT2D eigenvalue weighted by Crippen LogP contribution is 2.22. The number of nitrogens with zero attached hydrogens (tertiary/aromatic N) is 2. The Labute approximate surface area is 134 Å². The Morgan fingerprint density at radius 2 is 2.18 bits per heavy atom. The number of nitrogens with one attached hydrogen (secondary N) is 1. The third kappa shape index (κ3) is 4.34. The van der Waals surface area contributed by atoms with Crippen molar-refractivity contribution in [2.75, 3.05) is 6.54 Å². The highest BCUT2D eigenvalue weighted by atomic mass is 32.2. The third-order valence-corrected chi connectivity index (χ3v) is 4.36. The molecule has 2 rings (SSSR count). The summed E-state index contributed by atoms with van der Waals surface area (Å²) in [6.07, 6.45) is 0.937. The van der Waals surface area contributed by atoms with Crippen LogP contribution >= 0.6 is 11.8 Å². The fourth-order valence-corrected chi connectivity index (χ4v) is 2.66. The van der Waals surface area contributed by atoms with Crippen molar-refractivity contribution >= 4 is 17.7 Å². The van der Waals surface area contributed by atoms with Gasteiger partial charge in [-0.3, -0.25) is 4.79 Å². The average molecular weight is 319 g/mol. The van der Waals surface area contributed by atoms with Crippen LogP contribution in [0.2, 0.25) is 0 Å². The molecule has 0 aliphatic heterocycles. The van der Waals surface area contributed by atoms with Crippen molar-refractivity contribution in [3.8, 4) is 11.4 Å². The molecule has 0 spiro atoms. The maximum Gasteiger partial charge on any atom is 0.236 e. The van der Waals surface area contributed by atoms with E-state index in [0.29, 0.717) is 24.0 Å². The lowest BCUT2D eigenvalue weighted by molar-refractivity contribution is -0.120. The van der Waals surface area contributed by atoms with Crippen LogP contribution in [0.4, 0.5) is 0 Å². The number of carbonyl (C=O) groups is 1. The van der Waals surface area contributed by atoms with Crippen LogP contribution in [0.15, 0.2) is 28.8 Å². The summed E-state index contributed by atoms with van der Waals surface area (Å²) in [5.41, 5.74) is 2.08. The zero-order chi connectivity index (χ0) is 15.9. The molecule has 0 aliphatic carbocycles. The molecule has 0 saturated heterocycles. The molecule has 1 heterocycles. The highest BCUT2D eigenvalue weighted by molar-refractivity contribution is 7.99. The number of thioether (sulfide) groups is 1. The third-order valence-electron chi connectivity index (χ3n) is 3.23. The van der Waals surface area contributed by atoms with Crippen LogP contribution in [-0.4, -0.2) is 27.8 Å². The number of benzene rings is 1. The molecule has 0 bridgehead atoms. The van der Waals surface area contributed by atoms with E-state index in [-0.39, 0.29) is 11.2 Å². The van der Waals surface area contributed by atoms with Crippen LogP contribution in [0.3, 0.4) is 0 Å². The van der Waals surface area contributed by atoms with E-state index in [2.05, 4.69) is 15.5 Å². The van der Waals surface area contributed by atoms with Gasteiger partial charge in [0.1, 0.15) is 0 Å². The predicted molar refractivity (Wildman–Crippen MR) is 88.5 cm³/mol. The second-order valence-corrected chi connectivity index (χ2v) is 6.40. The Morgan fingerprint density at radius 1 is 1.41 bits per heavy atom. The van der Waals surface area contributed by atoms with Gasteiger partial charge in [0, 0.05) is 12.1 Å². The van der Waals surface area contributed by atoms with Gasteiger partial charge >= 0.3 is 0 Å². The molecule has 0 saturated carbocycles. The van der Waals surface area contributed by atoms with E-state index >= 15 is 0 Å². The molecule has 1 amide bonds. The fourth-order valence-electron chi connectivity index (χ4n) is 1.91. The normalized spacial score (nSPS) is 12.1. The number of amides is 1. The van der Waals surface area contributed by atoms with Gasteiger partial charge in [-0.25, -0.2) is 0 Å². The molecular formula is C16H21N3O2S. The van der Waals surface area contributed by atoms with E-state index in [1.165, 1.54) is 11.8 Å². The van der Waals surface area contributed by atoms with E-state index in [1.54, 1.807) is 0 Å². The monoisotopic (exact) mass is 319 g/mol. The maximum atomic E-state index is 11.8. The van der Waals surface area contributed by atoms with Crippen LogP contribution in [0, 0.1) is 6.92 Å². The van der Waals surface area contributed by atoms with Crippen LogP contribution in [0.1, 0.15) is 31.7 Å². The van der Waals surface area contributed by atoms with Crippen molar-refractivity contribution in [2.24, 2.45) is 0 Å². The summed E-state index contributed by atoms with van der Waals surface area (Å²) in [4.78, 5) is 16.2. The van der Waals surface area contributed by atoms with Gasteiger partial charge in [-0.1, -0.05) is 36.3 Å². The Kier molecular flexibility index (Phi) is 6.00. The lowest BCUT2D eigenvalue weighted by atomic mass is 10.1. The summed E-state index contributed by atoms with van der Waals surface area (Å²) in [6, 6.07) is 7.91. The minimum absolute atomic E-state index is 0.0468. The number of hydrogen-bond donors (Lipinski definition) is 1. The first-order chi connectivity index (χ1) is 10.6. The zero-order valence-electron chi connectivity index (χ0n) is 13.1. The molecule has 2 aromatic rings. The SMILES string of the molecule is CCCNC(=O)[C@@H](C)SCc1nc(-c2ccccc2C)no1. The first-order valence-corrected chi connectivity index (χ1v) is 8.44. The van der Waals surface area contributed by atoms with Crippen LogP contribution in [-0.2, 0) is 10.5 Å². The Balaban J connectivity index is 1.93. The van der Waals surface area contributed by atoms with Crippen LogP contribution in [0.25, 0.3) is 11.4 Å². The smallest absolute Gasteiger partial charge is 0.236 e.